The number of aryl methyl sites for hydroxylation is 1. The van der Waals surface area contributed by atoms with Crippen molar-refractivity contribution in [1.82, 2.24) is 15.0 Å². The maximum atomic E-state index is 12.9. The van der Waals surface area contributed by atoms with E-state index in [1.807, 2.05) is 62.4 Å². The highest BCUT2D eigenvalue weighted by atomic mass is 16.5. The maximum absolute atomic E-state index is 12.9. The minimum Gasteiger partial charge on any atom is -0.497 e. The van der Waals surface area contributed by atoms with Gasteiger partial charge in [-0.05, 0) is 80.4 Å². The maximum Gasteiger partial charge on any atom is 0.255 e. The van der Waals surface area contributed by atoms with Gasteiger partial charge in [-0.3, -0.25) is 4.79 Å². The van der Waals surface area contributed by atoms with Crippen molar-refractivity contribution in [3.63, 3.8) is 0 Å². The van der Waals surface area contributed by atoms with E-state index < -0.39 is 0 Å². The lowest BCUT2D eigenvalue weighted by Gasteiger charge is -2.13. The number of fused-ring (bicyclic) bond motifs is 1. The fourth-order valence-electron chi connectivity index (χ4n) is 3.25. The fourth-order valence-corrected chi connectivity index (χ4v) is 3.25. The summed E-state index contributed by atoms with van der Waals surface area (Å²) in [5.41, 5.74) is 4.39. The summed E-state index contributed by atoms with van der Waals surface area (Å²) in [5, 5.41) is 12.1. The summed E-state index contributed by atoms with van der Waals surface area (Å²) < 4.78 is 11.0. The quantitative estimate of drug-likeness (QED) is 0.438. The highest BCUT2D eigenvalue weighted by Gasteiger charge is 2.13. The van der Waals surface area contributed by atoms with Gasteiger partial charge >= 0.3 is 0 Å². The molecule has 0 aliphatic rings. The highest BCUT2D eigenvalue weighted by Crippen LogP contribution is 2.24. The van der Waals surface area contributed by atoms with Gasteiger partial charge in [-0.15, -0.1) is 10.2 Å². The van der Waals surface area contributed by atoms with Crippen molar-refractivity contribution in [2.45, 2.75) is 33.3 Å². The predicted molar refractivity (Wildman–Crippen MR) is 125 cm³/mol. The number of benzene rings is 3. The van der Waals surface area contributed by atoms with Crippen molar-refractivity contribution in [1.29, 1.82) is 0 Å². The van der Waals surface area contributed by atoms with Gasteiger partial charge in [-0.25, -0.2) is 0 Å². The van der Waals surface area contributed by atoms with E-state index >= 15 is 0 Å². The van der Waals surface area contributed by atoms with Crippen molar-refractivity contribution < 1.29 is 14.3 Å². The third-order valence-electron chi connectivity index (χ3n) is 5.29. The lowest BCUT2D eigenvalue weighted by Crippen LogP contribution is -2.14. The van der Waals surface area contributed by atoms with Gasteiger partial charge in [0.05, 0.1) is 18.9 Å². The molecule has 1 amide bonds. The first-order valence-electron chi connectivity index (χ1n) is 10.6. The van der Waals surface area contributed by atoms with E-state index in [1.54, 1.807) is 24.0 Å². The van der Waals surface area contributed by atoms with E-state index in [9.17, 15) is 4.79 Å². The zero-order chi connectivity index (χ0) is 22.7. The topological polar surface area (TPSA) is 78.3 Å². The van der Waals surface area contributed by atoms with Crippen LogP contribution in [0.1, 0.15) is 36.2 Å². The summed E-state index contributed by atoms with van der Waals surface area (Å²) in [6.07, 6.45) is 0.985. The molecule has 7 nitrogen and oxygen atoms in total. The van der Waals surface area contributed by atoms with Crippen molar-refractivity contribution in [2.75, 3.05) is 12.4 Å². The molecule has 1 aromatic heterocycles. The van der Waals surface area contributed by atoms with Crippen LogP contribution in [0.5, 0.6) is 11.5 Å². The average Bonchev–Trinajstić information content (AvgIpc) is 3.22. The molecule has 4 rings (SSSR count). The molecule has 1 N–H and O–H groups in total. The van der Waals surface area contributed by atoms with Crippen LogP contribution < -0.4 is 14.8 Å². The monoisotopic (exact) mass is 430 g/mol. The normalized spacial score (nSPS) is 11.9. The summed E-state index contributed by atoms with van der Waals surface area (Å²) >= 11 is 0. The molecule has 0 fully saturated rings. The van der Waals surface area contributed by atoms with Crippen molar-refractivity contribution in [2.24, 2.45) is 0 Å². The van der Waals surface area contributed by atoms with Gasteiger partial charge in [0.15, 0.2) is 0 Å². The standard InChI is InChI=1S/C25H26N4O3/c1-5-17(3)32-21-8-6-7-18(14-21)25(30)26-22-15-24-23(13-16(22)2)27-29(28-24)19-9-11-20(31-4)12-10-19/h6-15,17H,5H2,1-4H3,(H,26,30)/t17-/m1/s1. The van der Waals surface area contributed by atoms with Gasteiger partial charge in [-0.1, -0.05) is 13.0 Å². The third-order valence-corrected chi connectivity index (χ3v) is 5.29. The van der Waals surface area contributed by atoms with Gasteiger partial charge < -0.3 is 14.8 Å². The molecule has 4 aromatic rings. The smallest absolute Gasteiger partial charge is 0.255 e. The largest absolute Gasteiger partial charge is 0.497 e. The zero-order valence-electron chi connectivity index (χ0n) is 18.6. The van der Waals surface area contributed by atoms with Gasteiger partial charge in [0.25, 0.3) is 5.91 Å². The van der Waals surface area contributed by atoms with E-state index in [1.165, 1.54) is 0 Å². The molecule has 7 heteroatoms. The van der Waals surface area contributed by atoms with E-state index in [2.05, 4.69) is 22.4 Å². The van der Waals surface area contributed by atoms with Crippen molar-refractivity contribution in [3.05, 3.63) is 71.8 Å². The first-order chi connectivity index (χ1) is 15.5. The number of nitrogens with zero attached hydrogens (tertiary/aromatic N) is 3. The molecule has 1 heterocycles. The van der Waals surface area contributed by atoms with Crippen LogP contribution >= 0.6 is 0 Å². The van der Waals surface area contributed by atoms with Crippen molar-refractivity contribution in [3.8, 4) is 17.2 Å². The minimum absolute atomic E-state index is 0.0891. The van der Waals surface area contributed by atoms with Gasteiger partial charge in [-0.2, -0.15) is 4.80 Å². The second-order valence-electron chi connectivity index (χ2n) is 7.66. The second-order valence-corrected chi connectivity index (χ2v) is 7.66. The van der Waals surface area contributed by atoms with E-state index in [-0.39, 0.29) is 12.0 Å². The second kappa shape index (κ2) is 9.09. The molecule has 1 atom stereocenters. The SMILES string of the molecule is CC[C@@H](C)Oc1cccc(C(=O)Nc2cc3nn(-c4ccc(OC)cc4)nc3cc2C)c1. The average molecular weight is 431 g/mol. The number of rotatable bonds is 7. The number of methoxy groups -OCH3 is 1. The molecule has 0 spiro atoms. The van der Waals surface area contributed by atoms with Gasteiger partial charge in [0.1, 0.15) is 22.5 Å². The number of ether oxygens (including phenoxy) is 2. The summed E-state index contributed by atoms with van der Waals surface area (Å²) in [7, 11) is 1.63. The number of aromatic nitrogens is 3. The van der Waals surface area contributed by atoms with Crippen molar-refractivity contribution >= 4 is 22.6 Å². The van der Waals surface area contributed by atoms with Crippen LogP contribution in [-0.2, 0) is 0 Å². The number of amides is 1. The van der Waals surface area contributed by atoms with Gasteiger partial charge in [0.2, 0.25) is 0 Å². The summed E-state index contributed by atoms with van der Waals surface area (Å²) in [6.45, 7) is 6.00. The van der Waals surface area contributed by atoms with Crippen LogP contribution in [0.4, 0.5) is 5.69 Å². The molecule has 0 saturated carbocycles. The number of hydrogen-bond acceptors (Lipinski definition) is 5. The third kappa shape index (κ3) is 4.56. The Balaban J connectivity index is 1.57. The number of nitrogens with one attached hydrogen (secondary N) is 1. The van der Waals surface area contributed by atoms with Crippen LogP contribution in [0.3, 0.4) is 0 Å². The number of carbonyl (C=O) groups is 1. The molecule has 0 aliphatic heterocycles. The fraction of sp³-hybridized carbons (Fsp3) is 0.240. The van der Waals surface area contributed by atoms with E-state index in [0.29, 0.717) is 22.5 Å². The number of hydrogen-bond donors (Lipinski definition) is 1. The molecule has 32 heavy (non-hydrogen) atoms. The lowest BCUT2D eigenvalue weighted by molar-refractivity contribution is 0.102. The molecule has 0 bridgehead atoms. The Bertz CT molecular complexity index is 1250. The Morgan fingerprint density at radius 1 is 1.03 bits per heavy atom. The summed E-state index contributed by atoms with van der Waals surface area (Å²) in [5.74, 6) is 1.25. The minimum atomic E-state index is -0.204. The highest BCUT2D eigenvalue weighted by molar-refractivity contribution is 6.05. The van der Waals surface area contributed by atoms with E-state index in [0.717, 1.165) is 28.9 Å². The summed E-state index contributed by atoms with van der Waals surface area (Å²) in [6, 6.07) is 18.5. The number of carbonyl (C=O) groups excluding carboxylic acids is 1. The van der Waals surface area contributed by atoms with Crippen LogP contribution in [0.15, 0.2) is 60.7 Å². The first kappa shape index (κ1) is 21.4. The molecule has 0 saturated heterocycles. The first-order valence-corrected chi connectivity index (χ1v) is 10.6. The Hall–Kier alpha value is -3.87. The van der Waals surface area contributed by atoms with E-state index in [4.69, 9.17) is 9.47 Å². The zero-order valence-corrected chi connectivity index (χ0v) is 18.6. The molecule has 0 aliphatic carbocycles. The summed E-state index contributed by atoms with van der Waals surface area (Å²) in [4.78, 5) is 14.5. The van der Waals surface area contributed by atoms with Crippen LogP contribution in [0.25, 0.3) is 16.7 Å². The molecular formula is C25H26N4O3. The Morgan fingerprint density at radius 2 is 1.75 bits per heavy atom. The molecule has 3 aromatic carbocycles. The Labute approximate surface area is 187 Å². The molecule has 164 valence electrons. The van der Waals surface area contributed by atoms with Crippen LogP contribution in [0, 0.1) is 6.92 Å². The van der Waals surface area contributed by atoms with Gasteiger partial charge in [0, 0.05) is 11.3 Å². The predicted octanol–water partition coefficient (Wildman–Crippen LogP) is 5.17. The van der Waals surface area contributed by atoms with Crippen LogP contribution in [0.2, 0.25) is 0 Å². The molecule has 0 radical (unpaired) electrons. The molecular weight excluding hydrogens is 404 g/mol. The Kier molecular flexibility index (Phi) is 6.07. The molecule has 0 unspecified atom stereocenters. The Morgan fingerprint density at radius 3 is 2.44 bits per heavy atom. The lowest BCUT2D eigenvalue weighted by atomic mass is 10.1. The number of anilines is 1. The van der Waals surface area contributed by atoms with Crippen LogP contribution in [-0.4, -0.2) is 34.1 Å².